The van der Waals surface area contributed by atoms with Gasteiger partial charge in [-0.25, -0.2) is 0 Å². The summed E-state index contributed by atoms with van der Waals surface area (Å²) < 4.78 is 161. The monoisotopic (exact) mass is 1510 g/mol. The zero-order chi connectivity index (χ0) is 27.0. The van der Waals surface area contributed by atoms with Crippen LogP contribution in [-0.4, -0.2) is 105 Å². The molecule has 0 aliphatic heterocycles. The fourth-order valence-corrected chi connectivity index (χ4v) is 0. The summed E-state index contributed by atoms with van der Waals surface area (Å²) in [5.41, 5.74) is 0. The van der Waals surface area contributed by atoms with Crippen LogP contribution in [0.4, 0.5) is 0 Å². The normalized spacial score (nSPS) is 9.67. The molecule has 0 bridgehead atoms. The van der Waals surface area contributed by atoms with Crippen molar-refractivity contribution in [3.05, 3.63) is 0 Å². The molecule has 18 nitrogen and oxygen atoms in total. The van der Waals surface area contributed by atoms with Gasteiger partial charge in [-0.15, -0.1) is 0 Å². The Morgan fingerprint density at radius 3 is 0.250 bits per heavy atom. The van der Waals surface area contributed by atoms with E-state index in [4.69, 9.17) is 58.1 Å². The van der Waals surface area contributed by atoms with E-state index in [-0.39, 0.29) is 308 Å². The van der Waals surface area contributed by atoms with Crippen molar-refractivity contribution in [3.63, 3.8) is 0 Å². The van der Waals surface area contributed by atoms with Crippen LogP contribution in [0.2, 0.25) is 0 Å². The zero-order valence-corrected chi connectivity index (χ0v) is 55.3. The van der Waals surface area contributed by atoms with Crippen LogP contribution in [-0.2, 0) is 37.3 Å². The molecule has 0 radical (unpaired) electrons. The minimum atomic E-state index is -5.30. The van der Waals surface area contributed by atoms with Gasteiger partial charge in [-0.1, -0.05) is 0 Å². The summed E-state index contributed by atoms with van der Waals surface area (Å²) in [5.74, 6) is 0. The van der Waals surface area contributed by atoms with Gasteiger partial charge in [0.25, 0.3) is 0 Å². The van der Waals surface area contributed by atoms with E-state index >= 15 is 0 Å². The molecule has 0 saturated heterocycles. The number of halogens is 6. The maximum Gasteiger partial charge on any atom is 1.00 e. The van der Waals surface area contributed by atoms with Crippen molar-refractivity contribution >= 4 is 158 Å². The van der Waals surface area contributed by atoms with Crippen LogP contribution in [0.5, 0.6) is 0 Å². The largest absolute Gasteiger partial charge is 1.00 e. The molecule has 0 aliphatic carbocycles. The third-order valence-electron chi connectivity index (χ3n) is 0. The average molecular weight is 1500 g/mol. The van der Waals surface area contributed by atoms with Crippen molar-refractivity contribution in [2.75, 3.05) is 0 Å². The van der Waals surface area contributed by atoms with Crippen LogP contribution in [0.25, 0.3) is 0 Å². The summed E-state index contributed by atoms with van der Waals surface area (Å²) >= 11 is -31.8. The first-order chi connectivity index (χ1) is 12.0. The average Bonchev–Trinajstić information content (AvgIpc) is 1.94. The van der Waals surface area contributed by atoms with Gasteiger partial charge in [-0.2, -0.15) is 0 Å². The Kier molecular flexibility index (Phi) is 103. The molecule has 0 aromatic rings. The summed E-state index contributed by atoms with van der Waals surface area (Å²) in [4.78, 5) is 0. The summed E-state index contributed by atoms with van der Waals surface area (Å²) in [6.07, 6.45) is 0. The van der Waals surface area contributed by atoms with Crippen LogP contribution in [0, 0.1) is 0 Å². The van der Waals surface area contributed by atoms with Crippen molar-refractivity contribution in [1.82, 2.24) is 0 Å². The second-order valence-electron chi connectivity index (χ2n) is 2.36. The number of hydrogen-bond donors (Lipinski definition) is 0. The second kappa shape index (κ2) is 44.8. The Balaban J connectivity index is -0.0000000186. The quantitative estimate of drug-likeness (QED) is 0.203. The Morgan fingerprint density at radius 1 is 0.250 bits per heavy atom. The smallest absolute Gasteiger partial charge is 1.00 e. The molecule has 0 aromatic heterocycles. The van der Waals surface area contributed by atoms with Crippen LogP contribution in [0.1, 0.15) is 0 Å². The van der Waals surface area contributed by atoms with Crippen molar-refractivity contribution in [1.29, 1.82) is 0 Å². The number of rotatable bonds is 0. The third kappa shape index (κ3) is 556. The molecule has 0 aliphatic rings. The fourth-order valence-electron chi connectivity index (χ4n) is 0. The first-order valence-electron chi connectivity index (χ1n) is 3.93. The molecule has 0 saturated carbocycles. The standard InChI is InChI=1S/6ClHO3Te.6K/c6*1-5(2,3)4;;;;;;/h6*(H,2,3,4);;;;;;/q;;;;;;6*+1/p-6. The van der Waals surface area contributed by atoms with Crippen molar-refractivity contribution in [2.24, 2.45) is 0 Å². The van der Waals surface area contributed by atoms with Crippen molar-refractivity contribution in [2.45, 2.75) is 0 Å². The van der Waals surface area contributed by atoms with Crippen LogP contribution < -0.4 is 329 Å². The van der Waals surface area contributed by atoms with E-state index in [9.17, 15) is 0 Å². The van der Waals surface area contributed by atoms with E-state index in [1.165, 1.54) is 0 Å². The molecule has 0 heterocycles. The molecule has 0 atom stereocenters. The first kappa shape index (κ1) is 82.9. The first-order valence-corrected chi connectivity index (χ1v) is 38.8. The maximum absolute atomic E-state index is 8.95. The van der Waals surface area contributed by atoms with Gasteiger partial charge in [-0.05, 0) is 0 Å². The summed E-state index contributed by atoms with van der Waals surface area (Å²) in [7, 11) is 24.3. The molecule has 0 rings (SSSR count). The van der Waals surface area contributed by atoms with Gasteiger partial charge in [0.05, 0.1) is 0 Å². The molecule has 0 unspecified atom stereocenters. The van der Waals surface area contributed by atoms with Crippen molar-refractivity contribution < 1.29 is 366 Å². The molecular weight excluding hydrogens is 1500 g/mol. The summed E-state index contributed by atoms with van der Waals surface area (Å²) in [6, 6.07) is 0. The molecule has 192 valence electrons. The van der Waals surface area contributed by atoms with Gasteiger partial charge < -0.3 is 0 Å². The Morgan fingerprint density at radius 2 is 0.250 bits per heavy atom. The SMILES string of the molecule is O=[Te](=O)([O-])Cl.O=[Te](=O)([O-])Cl.O=[Te](=O)([O-])Cl.O=[Te](=O)([O-])Cl.O=[Te](=O)([O-])Cl.O=[Te](=O)([O-])Cl.[K+].[K+].[K+].[K+].[K+].[K+]. The van der Waals surface area contributed by atoms with E-state index in [2.05, 4.69) is 53.8 Å². The van der Waals surface area contributed by atoms with Gasteiger partial charge >= 0.3 is 525 Å². The van der Waals surface area contributed by atoms with Crippen LogP contribution >= 0.6 is 53.8 Å². The van der Waals surface area contributed by atoms with E-state index in [1.807, 2.05) is 0 Å². The van der Waals surface area contributed by atoms with Gasteiger partial charge in [0, 0.05) is 0 Å². The molecule has 0 aromatic carbocycles. The maximum atomic E-state index is 8.95. The van der Waals surface area contributed by atoms with Crippen molar-refractivity contribution in [3.8, 4) is 0 Å². The minimum absolute atomic E-state index is 0. The summed E-state index contributed by atoms with van der Waals surface area (Å²) in [5, 5.41) is 0. The van der Waals surface area contributed by atoms with Crippen LogP contribution in [0.3, 0.4) is 0 Å². The van der Waals surface area contributed by atoms with E-state index < -0.39 is 105 Å². The molecule has 0 amide bonds. The van der Waals surface area contributed by atoms with E-state index in [1.54, 1.807) is 0 Å². The molecule has 36 heavy (non-hydrogen) atoms. The Labute approximate surface area is 505 Å². The number of hydrogen-bond acceptors (Lipinski definition) is 18. The van der Waals surface area contributed by atoms with Gasteiger partial charge in [0.2, 0.25) is 0 Å². The van der Waals surface area contributed by atoms with Gasteiger partial charge in [0.15, 0.2) is 0 Å². The van der Waals surface area contributed by atoms with E-state index in [0.29, 0.717) is 0 Å². The van der Waals surface area contributed by atoms with Gasteiger partial charge in [0.1, 0.15) is 0 Å². The fraction of sp³-hybridized carbons (Fsp3) is 0. The molecule has 0 fully saturated rings. The second-order valence-corrected chi connectivity index (χ2v) is 31.0. The summed E-state index contributed by atoms with van der Waals surface area (Å²) in [6.45, 7) is 0. The van der Waals surface area contributed by atoms with Gasteiger partial charge in [-0.3, -0.25) is 0 Å². The zero-order valence-electron chi connectivity index (χ0n) is 18.1. The molecular formula is Cl6K6O18Te6. The predicted molar refractivity (Wildman–Crippen MR) is 77.9 cm³/mol. The molecule has 0 N–H and O–H groups in total. The van der Waals surface area contributed by atoms with E-state index in [0.717, 1.165) is 0 Å². The minimum Gasteiger partial charge on any atom is 1.00 e. The Bertz CT molecular complexity index is 796. The molecule has 36 heteroatoms. The topological polar surface area (TPSA) is 343 Å². The van der Waals surface area contributed by atoms with Crippen LogP contribution in [0.15, 0.2) is 0 Å². The third-order valence-corrected chi connectivity index (χ3v) is 0. The predicted octanol–water partition coefficient (Wildman–Crippen LogP) is -24.7. The molecule has 0 spiro atoms. The Hall–Kier alpha value is 13.7.